The number of hydrogen-bond acceptors (Lipinski definition) is 3. The second kappa shape index (κ2) is 5.81. The Kier molecular flexibility index (Phi) is 3.98. The van der Waals surface area contributed by atoms with Gasteiger partial charge in [0.1, 0.15) is 5.60 Å². The highest BCUT2D eigenvalue weighted by Crippen LogP contribution is 2.33. The van der Waals surface area contributed by atoms with E-state index in [1.807, 2.05) is 57.2 Å². The third-order valence-corrected chi connectivity index (χ3v) is 3.94. The highest BCUT2D eigenvalue weighted by molar-refractivity contribution is 9.10. The highest BCUT2D eigenvalue weighted by Gasteiger charge is 2.22. The first-order valence-electron chi connectivity index (χ1n) is 7.31. The van der Waals surface area contributed by atoms with E-state index in [2.05, 4.69) is 20.9 Å². The maximum absolute atomic E-state index is 12.6. The molecule has 0 unspecified atom stereocenters. The van der Waals surface area contributed by atoms with Gasteiger partial charge in [-0.05, 0) is 48.8 Å². The van der Waals surface area contributed by atoms with Gasteiger partial charge < -0.3 is 4.74 Å². The van der Waals surface area contributed by atoms with Crippen LogP contribution >= 0.6 is 15.9 Å². The monoisotopic (exact) mass is 372 g/mol. The van der Waals surface area contributed by atoms with Gasteiger partial charge in [-0.15, -0.1) is 0 Å². The molecule has 3 rings (SSSR count). The average molecular weight is 373 g/mol. The molecule has 0 aliphatic rings. The number of hydrogen-bond donors (Lipinski definition) is 0. The van der Waals surface area contributed by atoms with Gasteiger partial charge in [0, 0.05) is 27.8 Å². The summed E-state index contributed by atoms with van der Waals surface area (Å²) in [5.41, 5.74) is 1.93. The molecular formula is C18H17BrN2O2. The fourth-order valence-corrected chi connectivity index (χ4v) is 2.95. The van der Waals surface area contributed by atoms with Crippen molar-refractivity contribution >= 4 is 32.9 Å². The number of halogens is 1. The molecule has 0 N–H and O–H groups in total. The maximum atomic E-state index is 12.6. The van der Waals surface area contributed by atoms with Gasteiger partial charge in [0.15, 0.2) is 0 Å². The van der Waals surface area contributed by atoms with Gasteiger partial charge in [-0.3, -0.25) is 9.55 Å². The molecule has 0 aliphatic carbocycles. The van der Waals surface area contributed by atoms with Crippen LogP contribution in [-0.2, 0) is 4.74 Å². The van der Waals surface area contributed by atoms with Gasteiger partial charge >= 0.3 is 6.09 Å². The Morgan fingerprint density at radius 2 is 1.96 bits per heavy atom. The van der Waals surface area contributed by atoms with Crippen LogP contribution in [0.5, 0.6) is 0 Å². The molecule has 2 heterocycles. The number of pyridine rings is 1. The predicted molar refractivity (Wildman–Crippen MR) is 94.5 cm³/mol. The molecule has 2 aromatic heterocycles. The summed E-state index contributed by atoms with van der Waals surface area (Å²) in [6, 6.07) is 11.6. The lowest BCUT2D eigenvalue weighted by Gasteiger charge is -2.20. The lowest BCUT2D eigenvalue weighted by molar-refractivity contribution is 0.0544. The van der Waals surface area contributed by atoms with Crippen molar-refractivity contribution in [2.45, 2.75) is 26.4 Å². The Labute approximate surface area is 143 Å². The normalized spacial score (nSPS) is 11.7. The molecule has 118 valence electrons. The Balaban J connectivity index is 2.22. The number of carbonyl (C=O) groups excluding carboxylic acids is 1. The highest BCUT2D eigenvalue weighted by atomic mass is 79.9. The summed E-state index contributed by atoms with van der Waals surface area (Å²) in [5, 5.41) is 0.944. The fourth-order valence-electron chi connectivity index (χ4n) is 2.43. The number of para-hydroxylation sites is 1. The van der Waals surface area contributed by atoms with Crippen LogP contribution in [0.1, 0.15) is 20.8 Å². The van der Waals surface area contributed by atoms with Crippen molar-refractivity contribution in [2.75, 3.05) is 0 Å². The predicted octanol–water partition coefficient (Wildman–Crippen LogP) is 5.25. The SMILES string of the molecule is CC(C)(C)OC(=O)n1cc(Br)c2cccc(-c3ccccn3)c21. The van der Waals surface area contributed by atoms with Crippen molar-refractivity contribution in [1.29, 1.82) is 0 Å². The van der Waals surface area contributed by atoms with E-state index in [0.29, 0.717) is 0 Å². The molecule has 3 aromatic rings. The molecule has 0 saturated carbocycles. The molecule has 0 radical (unpaired) electrons. The van der Waals surface area contributed by atoms with Crippen LogP contribution in [0, 0.1) is 0 Å². The molecule has 0 spiro atoms. The van der Waals surface area contributed by atoms with Crippen LogP contribution in [-0.4, -0.2) is 21.2 Å². The quantitative estimate of drug-likeness (QED) is 0.585. The van der Waals surface area contributed by atoms with Crippen LogP contribution in [0.25, 0.3) is 22.2 Å². The second-order valence-corrected chi connectivity index (χ2v) is 7.10. The van der Waals surface area contributed by atoms with Gasteiger partial charge in [0.05, 0.1) is 11.2 Å². The van der Waals surface area contributed by atoms with Gasteiger partial charge in [0.2, 0.25) is 0 Å². The van der Waals surface area contributed by atoms with Crippen molar-refractivity contribution in [3.63, 3.8) is 0 Å². The van der Waals surface area contributed by atoms with Gasteiger partial charge in [-0.25, -0.2) is 4.79 Å². The summed E-state index contributed by atoms with van der Waals surface area (Å²) in [7, 11) is 0. The van der Waals surface area contributed by atoms with E-state index in [4.69, 9.17) is 4.74 Å². The summed E-state index contributed by atoms with van der Waals surface area (Å²) in [6.45, 7) is 5.56. The van der Waals surface area contributed by atoms with E-state index < -0.39 is 11.7 Å². The zero-order valence-electron chi connectivity index (χ0n) is 13.2. The average Bonchev–Trinajstić information content (AvgIpc) is 2.84. The van der Waals surface area contributed by atoms with Crippen molar-refractivity contribution in [3.05, 3.63) is 53.3 Å². The molecule has 4 nitrogen and oxygen atoms in total. The number of ether oxygens (including phenoxy) is 1. The van der Waals surface area contributed by atoms with E-state index >= 15 is 0 Å². The van der Waals surface area contributed by atoms with Crippen LogP contribution < -0.4 is 0 Å². The summed E-state index contributed by atoms with van der Waals surface area (Å²) >= 11 is 3.52. The maximum Gasteiger partial charge on any atom is 0.419 e. The van der Waals surface area contributed by atoms with Crippen molar-refractivity contribution < 1.29 is 9.53 Å². The van der Waals surface area contributed by atoms with E-state index in [-0.39, 0.29) is 0 Å². The lowest BCUT2D eigenvalue weighted by atomic mass is 10.1. The van der Waals surface area contributed by atoms with E-state index in [0.717, 1.165) is 26.6 Å². The molecule has 0 aliphatic heterocycles. The second-order valence-electron chi connectivity index (χ2n) is 6.24. The van der Waals surface area contributed by atoms with Crippen LogP contribution in [0.3, 0.4) is 0 Å². The van der Waals surface area contributed by atoms with Crippen molar-refractivity contribution in [2.24, 2.45) is 0 Å². The third kappa shape index (κ3) is 3.15. The summed E-state index contributed by atoms with van der Waals surface area (Å²) < 4.78 is 7.90. The smallest absolute Gasteiger partial charge is 0.419 e. The Morgan fingerprint density at radius 1 is 1.17 bits per heavy atom. The Bertz CT molecular complexity index is 864. The number of carbonyl (C=O) groups is 1. The summed E-state index contributed by atoms with van der Waals surface area (Å²) in [6.07, 6.45) is 3.08. The summed E-state index contributed by atoms with van der Waals surface area (Å²) in [4.78, 5) is 17.0. The molecule has 23 heavy (non-hydrogen) atoms. The molecule has 1 aromatic carbocycles. The van der Waals surface area contributed by atoms with E-state index in [9.17, 15) is 4.79 Å². The largest absolute Gasteiger partial charge is 0.443 e. The van der Waals surface area contributed by atoms with E-state index in [1.54, 1.807) is 12.4 Å². The van der Waals surface area contributed by atoms with Crippen LogP contribution in [0.4, 0.5) is 4.79 Å². The zero-order chi connectivity index (χ0) is 16.6. The molecule has 5 heteroatoms. The van der Waals surface area contributed by atoms with Gasteiger partial charge in [0.25, 0.3) is 0 Å². The molecule has 0 amide bonds. The van der Waals surface area contributed by atoms with Crippen molar-refractivity contribution in [3.8, 4) is 11.3 Å². The first kappa shape index (κ1) is 15.7. The third-order valence-electron chi connectivity index (χ3n) is 3.31. The number of aromatic nitrogens is 2. The lowest BCUT2D eigenvalue weighted by Crippen LogP contribution is -2.26. The van der Waals surface area contributed by atoms with Crippen molar-refractivity contribution in [1.82, 2.24) is 9.55 Å². The van der Waals surface area contributed by atoms with Crippen LogP contribution in [0.2, 0.25) is 0 Å². The first-order valence-corrected chi connectivity index (χ1v) is 8.10. The minimum Gasteiger partial charge on any atom is -0.443 e. The molecule has 0 atom stereocenters. The summed E-state index contributed by atoms with van der Waals surface area (Å²) in [5.74, 6) is 0. The first-order chi connectivity index (χ1) is 10.9. The number of nitrogens with zero attached hydrogens (tertiary/aromatic N) is 2. The Hall–Kier alpha value is -2.14. The fraction of sp³-hybridized carbons (Fsp3) is 0.222. The zero-order valence-corrected chi connectivity index (χ0v) is 14.8. The number of benzene rings is 1. The number of fused-ring (bicyclic) bond motifs is 1. The molecule has 0 bridgehead atoms. The van der Waals surface area contributed by atoms with Crippen LogP contribution in [0.15, 0.2) is 53.3 Å². The molecule has 0 fully saturated rings. The molecular weight excluding hydrogens is 356 g/mol. The standard InChI is InChI=1S/C18H17BrN2O2/c1-18(2,3)23-17(22)21-11-14(19)12-7-6-8-13(16(12)21)15-9-4-5-10-20-15/h4-11H,1-3H3. The number of rotatable bonds is 1. The Morgan fingerprint density at radius 3 is 2.61 bits per heavy atom. The van der Waals surface area contributed by atoms with E-state index in [1.165, 1.54) is 4.57 Å². The van der Waals surface area contributed by atoms with Gasteiger partial charge in [-0.2, -0.15) is 0 Å². The van der Waals surface area contributed by atoms with Gasteiger partial charge in [-0.1, -0.05) is 24.3 Å². The minimum atomic E-state index is -0.555. The topological polar surface area (TPSA) is 44.1 Å². The molecule has 0 saturated heterocycles. The minimum absolute atomic E-state index is 0.406.